The van der Waals surface area contributed by atoms with Gasteiger partial charge in [-0.1, -0.05) is 0 Å². The maximum absolute atomic E-state index is 13.1. The highest BCUT2D eigenvalue weighted by molar-refractivity contribution is 5.84. The molecule has 1 fully saturated rings. The zero-order valence-corrected chi connectivity index (χ0v) is 15.6. The Morgan fingerprint density at radius 1 is 1.37 bits per heavy atom. The fourth-order valence-electron chi connectivity index (χ4n) is 3.49. The molecule has 1 amide bonds. The molecule has 146 valence electrons. The summed E-state index contributed by atoms with van der Waals surface area (Å²) >= 11 is 0. The summed E-state index contributed by atoms with van der Waals surface area (Å²) in [6, 6.07) is 7.02. The van der Waals surface area contributed by atoms with Crippen LogP contribution in [0, 0.1) is 0 Å². The van der Waals surface area contributed by atoms with E-state index in [0.29, 0.717) is 29.9 Å². The van der Waals surface area contributed by atoms with Gasteiger partial charge in [-0.3, -0.25) is 9.48 Å². The lowest BCUT2D eigenvalue weighted by atomic mass is 9.87. The minimum absolute atomic E-state index is 0.0683. The predicted molar refractivity (Wildman–Crippen MR) is 99.8 cm³/mol. The molecular formula is C19H26N4O4. The molecule has 1 unspecified atom stereocenters. The van der Waals surface area contributed by atoms with E-state index in [-0.39, 0.29) is 12.5 Å². The van der Waals surface area contributed by atoms with Gasteiger partial charge in [0.2, 0.25) is 5.91 Å². The largest absolute Gasteiger partial charge is 0.497 e. The molecule has 1 aliphatic heterocycles. The van der Waals surface area contributed by atoms with Crippen molar-refractivity contribution in [3.8, 4) is 11.5 Å². The number of nitrogens with zero attached hydrogens (tertiary/aromatic N) is 2. The van der Waals surface area contributed by atoms with E-state index in [2.05, 4.69) is 15.7 Å². The van der Waals surface area contributed by atoms with E-state index in [9.17, 15) is 9.90 Å². The highest BCUT2D eigenvalue weighted by Gasteiger charge is 2.42. The third-order valence-electron chi connectivity index (χ3n) is 5.05. The van der Waals surface area contributed by atoms with Crippen molar-refractivity contribution in [1.29, 1.82) is 0 Å². The van der Waals surface area contributed by atoms with Gasteiger partial charge in [0.05, 0.1) is 20.3 Å². The molecule has 0 saturated carbocycles. The second-order valence-electron chi connectivity index (χ2n) is 6.57. The monoisotopic (exact) mass is 374 g/mol. The molecule has 8 nitrogen and oxygen atoms in total. The SMILES string of the molecule is COc1ccc(OC)c(C(O)CNC(=O)C2(n3cccn3)CCNCC2)c1. The van der Waals surface area contributed by atoms with Crippen LogP contribution in [0.5, 0.6) is 11.5 Å². The van der Waals surface area contributed by atoms with Crippen LogP contribution in [0.2, 0.25) is 0 Å². The molecule has 3 N–H and O–H groups in total. The van der Waals surface area contributed by atoms with Crippen molar-refractivity contribution in [2.24, 2.45) is 0 Å². The highest BCUT2D eigenvalue weighted by Crippen LogP contribution is 2.30. The van der Waals surface area contributed by atoms with E-state index in [4.69, 9.17) is 9.47 Å². The molecule has 3 rings (SSSR count). The van der Waals surface area contributed by atoms with Crippen LogP contribution in [0.25, 0.3) is 0 Å². The number of aliphatic hydroxyl groups is 1. The van der Waals surface area contributed by atoms with Crippen LogP contribution in [0.4, 0.5) is 0 Å². The number of nitrogens with one attached hydrogen (secondary N) is 2. The normalized spacial score (nSPS) is 17.1. The fraction of sp³-hybridized carbons (Fsp3) is 0.474. The van der Waals surface area contributed by atoms with Crippen molar-refractivity contribution in [2.75, 3.05) is 33.9 Å². The van der Waals surface area contributed by atoms with Crippen LogP contribution >= 0.6 is 0 Å². The number of hydrogen-bond donors (Lipinski definition) is 3. The smallest absolute Gasteiger partial charge is 0.248 e. The van der Waals surface area contributed by atoms with Crippen molar-refractivity contribution < 1.29 is 19.4 Å². The Balaban J connectivity index is 1.74. The van der Waals surface area contributed by atoms with Gasteiger partial charge < -0.3 is 25.2 Å². The Hall–Kier alpha value is -2.58. The molecule has 1 aliphatic rings. The maximum atomic E-state index is 13.1. The minimum Gasteiger partial charge on any atom is -0.497 e. The quantitative estimate of drug-likeness (QED) is 0.664. The lowest BCUT2D eigenvalue weighted by Crippen LogP contribution is -2.55. The van der Waals surface area contributed by atoms with E-state index in [1.165, 1.54) is 0 Å². The molecule has 0 aliphatic carbocycles. The number of piperidine rings is 1. The summed E-state index contributed by atoms with van der Waals surface area (Å²) in [5.41, 5.74) is -0.178. The van der Waals surface area contributed by atoms with E-state index in [1.807, 2.05) is 12.3 Å². The van der Waals surface area contributed by atoms with E-state index in [1.54, 1.807) is 43.3 Å². The number of methoxy groups -OCH3 is 2. The van der Waals surface area contributed by atoms with Crippen LogP contribution in [-0.4, -0.2) is 54.6 Å². The fourth-order valence-corrected chi connectivity index (χ4v) is 3.49. The number of benzene rings is 1. The van der Waals surface area contributed by atoms with Gasteiger partial charge in [-0.05, 0) is 50.2 Å². The van der Waals surface area contributed by atoms with Gasteiger partial charge in [0.25, 0.3) is 0 Å². The molecule has 2 heterocycles. The summed E-state index contributed by atoms with van der Waals surface area (Å²) in [5.74, 6) is 1.01. The van der Waals surface area contributed by atoms with Crippen LogP contribution in [0.3, 0.4) is 0 Å². The third kappa shape index (κ3) is 3.91. The standard InChI is InChI=1S/C19H26N4O4/c1-26-14-4-5-17(27-2)15(12-14)16(24)13-21-18(25)19(6-9-20-10-7-19)23-11-3-8-22-23/h3-5,8,11-12,16,20,24H,6-7,9-10,13H2,1-2H3,(H,21,25). The van der Waals surface area contributed by atoms with Crippen molar-refractivity contribution in [1.82, 2.24) is 20.4 Å². The van der Waals surface area contributed by atoms with Crippen molar-refractivity contribution in [3.05, 3.63) is 42.2 Å². The number of carbonyl (C=O) groups excluding carboxylic acids is 1. The molecule has 1 saturated heterocycles. The maximum Gasteiger partial charge on any atom is 0.248 e. The summed E-state index contributed by atoms with van der Waals surface area (Å²) in [7, 11) is 3.10. The number of rotatable bonds is 7. The number of aliphatic hydroxyl groups excluding tert-OH is 1. The Kier molecular flexibility index (Phi) is 5.98. The summed E-state index contributed by atoms with van der Waals surface area (Å²) in [6.07, 6.45) is 3.84. The van der Waals surface area contributed by atoms with Gasteiger partial charge in [0.15, 0.2) is 0 Å². The third-order valence-corrected chi connectivity index (χ3v) is 5.05. The molecule has 0 spiro atoms. The number of ether oxygens (including phenoxy) is 2. The first-order valence-electron chi connectivity index (χ1n) is 9.00. The Bertz CT molecular complexity index is 757. The Morgan fingerprint density at radius 2 is 2.15 bits per heavy atom. The lowest BCUT2D eigenvalue weighted by molar-refractivity contribution is -0.132. The summed E-state index contributed by atoms with van der Waals surface area (Å²) in [4.78, 5) is 13.1. The lowest BCUT2D eigenvalue weighted by Gasteiger charge is -2.36. The first kappa shape index (κ1) is 19.2. The van der Waals surface area contributed by atoms with E-state index in [0.717, 1.165) is 13.1 Å². The minimum atomic E-state index is -0.921. The second-order valence-corrected chi connectivity index (χ2v) is 6.57. The van der Waals surface area contributed by atoms with Gasteiger partial charge >= 0.3 is 0 Å². The van der Waals surface area contributed by atoms with Gasteiger partial charge in [-0.25, -0.2) is 0 Å². The molecule has 27 heavy (non-hydrogen) atoms. The number of amides is 1. The molecule has 1 atom stereocenters. The van der Waals surface area contributed by atoms with Crippen LogP contribution in [0.1, 0.15) is 24.5 Å². The molecule has 0 bridgehead atoms. The zero-order chi connectivity index (χ0) is 19.3. The van der Waals surface area contributed by atoms with Gasteiger partial charge in [0.1, 0.15) is 17.0 Å². The molecule has 0 radical (unpaired) electrons. The first-order valence-corrected chi connectivity index (χ1v) is 9.00. The molecule has 8 heteroatoms. The molecule has 1 aromatic carbocycles. The summed E-state index contributed by atoms with van der Waals surface area (Å²) in [6.45, 7) is 1.54. The van der Waals surface area contributed by atoms with Crippen molar-refractivity contribution in [3.63, 3.8) is 0 Å². The number of hydrogen-bond acceptors (Lipinski definition) is 6. The number of carbonyl (C=O) groups is 1. The van der Waals surface area contributed by atoms with Crippen molar-refractivity contribution in [2.45, 2.75) is 24.5 Å². The summed E-state index contributed by atoms with van der Waals surface area (Å²) in [5, 5.41) is 21.1. The average Bonchev–Trinajstić information content (AvgIpc) is 3.27. The topological polar surface area (TPSA) is 97.6 Å². The molecular weight excluding hydrogens is 348 g/mol. The summed E-state index contributed by atoms with van der Waals surface area (Å²) < 4.78 is 12.3. The number of aromatic nitrogens is 2. The van der Waals surface area contributed by atoms with Gasteiger partial charge in [-0.2, -0.15) is 5.10 Å². The van der Waals surface area contributed by atoms with Gasteiger partial charge in [0, 0.05) is 24.5 Å². The van der Waals surface area contributed by atoms with Crippen molar-refractivity contribution >= 4 is 5.91 Å². The zero-order valence-electron chi connectivity index (χ0n) is 15.6. The molecule has 1 aromatic heterocycles. The van der Waals surface area contributed by atoms with E-state index < -0.39 is 11.6 Å². The average molecular weight is 374 g/mol. The van der Waals surface area contributed by atoms with Crippen LogP contribution < -0.4 is 20.1 Å². The van der Waals surface area contributed by atoms with E-state index >= 15 is 0 Å². The predicted octanol–water partition coefficient (Wildman–Crippen LogP) is 0.829. The first-order chi connectivity index (χ1) is 13.1. The Labute approximate surface area is 158 Å². The second kappa shape index (κ2) is 8.41. The van der Waals surface area contributed by atoms with Gasteiger partial charge in [-0.15, -0.1) is 0 Å². The Morgan fingerprint density at radius 3 is 2.78 bits per heavy atom. The highest BCUT2D eigenvalue weighted by atomic mass is 16.5. The van der Waals surface area contributed by atoms with Crippen LogP contribution in [0.15, 0.2) is 36.7 Å². The van der Waals surface area contributed by atoms with Crippen LogP contribution in [-0.2, 0) is 10.3 Å². The molecule has 2 aromatic rings.